The molecule has 0 radical (unpaired) electrons. The molecule has 10 rings (SSSR count). The lowest BCUT2D eigenvalue weighted by Gasteiger charge is -2.32. The zero-order valence-corrected chi connectivity index (χ0v) is 29.4. The first-order valence-electron chi connectivity index (χ1n) is 17.8. The van der Waals surface area contributed by atoms with Gasteiger partial charge >= 0.3 is 0 Å². The second-order valence-electron chi connectivity index (χ2n) is 13.3. The minimum atomic E-state index is -3.02. The molecule has 9 aromatic rings. The molecule has 7 aromatic carbocycles. The summed E-state index contributed by atoms with van der Waals surface area (Å²) in [6, 6.07) is 72.1. The van der Waals surface area contributed by atoms with Gasteiger partial charge in [0.2, 0.25) is 0 Å². The number of hydrogen-bond acceptors (Lipinski definition) is 2. The molecule has 0 bridgehead atoms. The first-order chi connectivity index (χ1) is 25.8. The van der Waals surface area contributed by atoms with Crippen LogP contribution in [0.5, 0.6) is 0 Å². The molecule has 0 spiro atoms. The molecule has 1 aliphatic heterocycles. The molecule has 0 saturated carbocycles. The summed E-state index contributed by atoms with van der Waals surface area (Å²) < 4.78 is 2.49. The average Bonchev–Trinajstić information content (AvgIpc) is 3.74. The van der Waals surface area contributed by atoms with E-state index in [9.17, 15) is 0 Å². The highest BCUT2D eigenvalue weighted by Gasteiger charge is 2.53. The van der Waals surface area contributed by atoms with Gasteiger partial charge in [0.25, 0.3) is 0 Å². The first-order valence-corrected chi connectivity index (χ1v) is 19.8. The predicted molar refractivity (Wildman–Crippen MR) is 218 cm³/mol. The van der Waals surface area contributed by atoms with Gasteiger partial charge in [-0.15, -0.1) is 0 Å². The lowest BCUT2D eigenvalue weighted by Crippen LogP contribution is -2.73. The summed E-state index contributed by atoms with van der Waals surface area (Å²) in [4.78, 5) is 10.8. The summed E-state index contributed by atoms with van der Waals surface area (Å²) in [5.41, 5.74) is 9.88. The molecule has 1 aliphatic rings. The summed E-state index contributed by atoms with van der Waals surface area (Å²) in [6.45, 7) is 0. The van der Waals surface area contributed by atoms with Gasteiger partial charge < -0.3 is 4.57 Å². The zero-order valence-electron chi connectivity index (χ0n) is 28.4. The molecule has 0 amide bonds. The fourth-order valence-corrected chi connectivity index (χ4v) is 13.9. The van der Waals surface area contributed by atoms with Gasteiger partial charge in [-0.2, -0.15) is 0 Å². The Bertz CT molecular complexity index is 2610. The Morgan fingerprint density at radius 3 is 1.46 bits per heavy atom. The maximum atomic E-state index is 5.42. The standard InChI is InChI=1S/C48H33N3Si/c1-6-19-34(20-7-1)42-33-43(35-21-8-2-9-22-35)50-48(49-42)41-31-18-30-40-45-47(39-29-16-17-32-44(39)51(45)36-23-10-3-11-24-36)52(46(40)41,37-25-12-4-13-26-37)38-27-14-5-15-28-38/h1-33H. The quantitative estimate of drug-likeness (QED) is 0.165. The Hall–Kier alpha value is -6.62. The topological polar surface area (TPSA) is 30.7 Å². The second-order valence-corrected chi connectivity index (χ2v) is 17.0. The molecule has 0 atom stereocenters. The molecule has 0 N–H and O–H groups in total. The van der Waals surface area contributed by atoms with Crippen LogP contribution in [-0.4, -0.2) is 22.6 Å². The van der Waals surface area contributed by atoms with Crippen molar-refractivity contribution in [2.75, 3.05) is 0 Å². The number of para-hydroxylation sites is 2. The van der Waals surface area contributed by atoms with Crippen LogP contribution in [0.4, 0.5) is 0 Å². The molecule has 0 aliphatic carbocycles. The van der Waals surface area contributed by atoms with Crippen molar-refractivity contribution >= 4 is 39.7 Å². The third kappa shape index (κ3) is 4.58. The molecule has 0 unspecified atom stereocenters. The van der Waals surface area contributed by atoms with Crippen molar-refractivity contribution in [3.63, 3.8) is 0 Å². The van der Waals surface area contributed by atoms with Gasteiger partial charge in [0.1, 0.15) is 0 Å². The molecule has 3 heterocycles. The van der Waals surface area contributed by atoms with Crippen LogP contribution in [0.15, 0.2) is 200 Å². The number of rotatable bonds is 6. The Kier molecular flexibility index (Phi) is 7.15. The smallest absolute Gasteiger partial charge is 0.184 e. The Balaban J connectivity index is 1.38. The largest absolute Gasteiger partial charge is 0.309 e. The van der Waals surface area contributed by atoms with Crippen LogP contribution >= 0.6 is 0 Å². The highest BCUT2D eigenvalue weighted by molar-refractivity contribution is 7.23. The third-order valence-electron chi connectivity index (χ3n) is 10.5. The molecule has 2 aromatic heterocycles. The normalized spacial score (nSPS) is 12.8. The van der Waals surface area contributed by atoms with E-state index in [4.69, 9.17) is 9.97 Å². The van der Waals surface area contributed by atoms with Crippen LogP contribution in [0, 0.1) is 0 Å². The van der Waals surface area contributed by atoms with E-state index < -0.39 is 8.07 Å². The highest BCUT2D eigenvalue weighted by Crippen LogP contribution is 2.40. The summed E-state index contributed by atoms with van der Waals surface area (Å²) >= 11 is 0. The van der Waals surface area contributed by atoms with E-state index in [1.165, 1.54) is 42.9 Å². The Morgan fingerprint density at radius 2 is 0.885 bits per heavy atom. The predicted octanol–water partition coefficient (Wildman–Crippen LogP) is 8.78. The Morgan fingerprint density at radius 1 is 0.404 bits per heavy atom. The van der Waals surface area contributed by atoms with Crippen molar-refractivity contribution in [3.05, 3.63) is 200 Å². The van der Waals surface area contributed by atoms with E-state index in [-0.39, 0.29) is 0 Å². The Labute approximate surface area is 304 Å². The lowest BCUT2D eigenvalue weighted by molar-refractivity contribution is 1.14. The molecule has 52 heavy (non-hydrogen) atoms. The summed E-state index contributed by atoms with van der Waals surface area (Å²) in [5.74, 6) is 0.738. The summed E-state index contributed by atoms with van der Waals surface area (Å²) in [7, 11) is -3.02. The van der Waals surface area contributed by atoms with E-state index in [0.717, 1.165) is 39.6 Å². The van der Waals surface area contributed by atoms with Crippen LogP contribution < -0.4 is 20.7 Å². The maximum absolute atomic E-state index is 5.42. The van der Waals surface area contributed by atoms with Crippen LogP contribution in [0.1, 0.15) is 0 Å². The van der Waals surface area contributed by atoms with E-state index in [1.807, 2.05) is 0 Å². The average molecular weight is 680 g/mol. The van der Waals surface area contributed by atoms with Gasteiger partial charge in [0.15, 0.2) is 13.9 Å². The van der Waals surface area contributed by atoms with Gasteiger partial charge in [-0.1, -0.05) is 176 Å². The van der Waals surface area contributed by atoms with Gasteiger partial charge in [-0.3, -0.25) is 0 Å². The number of hydrogen-bond donors (Lipinski definition) is 0. The number of nitrogens with zero attached hydrogens (tertiary/aromatic N) is 3. The second kappa shape index (κ2) is 12.3. The molecule has 4 heteroatoms. The first kappa shape index (κ1) is 30.2. The van der Waals surface area contributed by atoms with Crippen molar-refractivity contribution in [1.82, 2.24) is 14.5 Å². The summed E-state index contributed by atoms with van der Waals surface area (Å²) in [6.07, 6.45) is 0. The molecular weight excluding hydrogens is 647 g/mol. The highest BCUT2D eigenvalue weighted by atomic mass is 28.3. The fourth-order valence-electron chi connectivity index (χ4n) is 8.39. The molecule has 3 nitrogen and oxygen atoms in total. The minimum Gasteiger partial charge on any atom is -0.309 e. The van der Waals surface area contributed by atoms with Crippen LogP contribution in [0.3, 0.4) is 0 Å². The minimum absolute atomic E-state index is 0.738. The maximum Gasteiger partial charge on any atom is 0.184 e. The number of benzene rings is 7. The SMILES string of the molecule is c1ccc(-c2cc(-c3ccccc3)nc(-c3cccc4c3[Si](c3ccccc3)(c3ccccc3)c3c-4n(-c4ccccc4)c4ccccc34)n2)cc1. The van der Waals surface area contributed by atoms with Gasteiger partial charge in [-0.05, 0) is 50.6 Å². The fraction of sp³-hybridized carbons (Fsp3) is 0. The summed E-state index contributed by atoms with van der Waals surface area (Å²) in [5, 5.41) is 6.71. The van der Waals surface area contributed by atoms with Gasteiger partial charge in [-0.25, -0.2) is 9.97 Å². The molecule has 244 valence electrons. The van der Waals surface area contributed by atoms with E-state index in [1.54, 1.807) is 0 Å². The molecular formula is C48H33N3Si. The van der Waals surface area contributed by atoms with Crippen LogP contribution in [-0.2, 0) is 0 Å². The number of aromatic nitrogens is 3. The van der Waals surface area contributed by atoms with E-state index in [2.05, 4.69) is 205 Å². The molecule has 0 saturated heterocycles. The third-order valence-corrected chi connectivity index (χ3v) is 15.4. The monoisotopic (exact) mass is 679 g/mol. The zero-order chi connectivity index (χ0) is 34.5. The van der Waals surface area contributed by atoms with Crippen LogP contribution in [0.2, 0.25) is 0 Å². The van der Waals surface area contributed by atoms with Crippen molar-refractivity contribution in [3.8, 4) is 50.8 Å². The van der Waals surface area contributed by atoms with Crippen molar-refractivity contribution in [2.45, 2.75) is 0 Å². The van der Waals surface area contributed by atoms with E-state index >= 15 is 0 Å². The number of fused-ring (bicyclic) bond motifs is 5. The van der Waals surface area contributed by atoms with Crippen molar-refractivity contribution in [1.29, 1.82) is 0 Å². The lowest BCUT2D eigenvalue weighted by atomic mass is 10.0. The van der Waals surface area contributed by atoms with E-state index in [0.29, 0.717) is 0 Å². The van der Waals surface area contributed by atoms with Crippen LogP contribution in [0.25, 0.3) is 61.8 Å². The van der Waals surface area contributed by atoms with Crippen molar-refractivity contribution < 1.29 is 0 Å². The van der Waals surface area contributed by atoms with Crippen molar-refractivity contribution in [2.24, 2.45) is 0 Å². The van der Waals surface area contributed by atoms with Gasteiger partial charge in [0, 0.05) is 27.8 Å². The molecule has 0 fully saturated rings. The van der Waals surface area contributed by atoms with Gasteiger partial charge in [0.05, 0.1) is 22.6 Å².